The fourth-order valence-corrected chi connectivity index (χ4v) is 4.60. The van der Waals surface area contributed by atoms with Gasteiger partial charge in [-0.15, -0.1) is 0 Å². The van der Waals surface area contributed by atoms with E-state index in [2.05, 4.69) is 13.8 Å². The molecule has 2 amide bonds. The highest BCUT2D eigenvalue weighted by atomic mass is 16.5. The van der Waals surface area contributed by atoms with Crippen LogP contribution in [0.15, 0.2) is 108 Å². The van der Waals surface area contributed by atoms with Crippen molar-refractivity contribution in [3.63, 3.8) is 0 Å². The highest BCUT2D eigenvalue weighted by Crippen LogP contribution is 2.32. The minimum absolute atomic E-state index is 0.0459. The molecular formula is C34H30N4O3. The lowest BCUT2D eigenvalue weighted by molar-refractivity contribution is -0.141. The Morgan fingerprint density at radius 2 is 1.59 bits per heavy atom. The van der Waals surface area contributed by atoms with Crippen molar-refractivity contribution in [2.45, 2.75) is 27.3 Å². The third-order valence-corrected chi connectivity index (χ3v) is 6.78. The van der Waals surface area contributed by atoms with Gasteiger partial charge < -0.3 is 4.74 Å². The molecule has 0 spiro atoms. The van der Waals surface area contributed by atoms with E-state index in [9.17, 15) is 14.9 Å². The van der Waals surface area contributed by atoms with Gasteiger partial charge in [0, 0.05) is 22.9 Å². The van der Waals surface area contributed by atoms with Crippen LogP contribution in [0.4, 0.5) is 0 Å². The number of carbonyl (C=O) groups is 2. The quantitative estimate of drug-likeness (QED) is 0.191. The number of nitriles is 1. The monoisotopic (exact) mass is 542 g/mol. The second kappa shape index (κ2) is 11.9. The molecule has 5 rings (SSSR count). The summed E-state index contributed by atoms with van der Waals surface area (Å²) in [6.07, 6.45) is 3.58. The first-order chi connectivity index (χ1) is 19.9. The lowest BCUT2D eigenvalue weighted by atomic mass is 9.93. The number of hydrogen-bond donors (Lipinski definition) is 0. The molecule has 0 radical (unpaired) electrons. The first-order valence-corrected chi connectivity index (χ1v) is 13.5. The summed E-state index contributed by atoms with van der Waals surface area (Å²) in [5, 5.41) is 14.7. The fourth-order valence-electron chi connectivity index (χ4n) is 4.60. The third kappa shape index (κ3) is 5.87. The van der Waals surface area contributed by atoms with E-state index in [-0.39, 0.29) is 17.7 Å². The van der Waals surface area contributed by atoms with Gasteiger partial charge in [-0.1, -0.05) is 62.4 Å². The van der Waals surface area contributed by atoms with Gasteiger partial charge in [-0.25, -0.2) is 4.68 Å². The summed E-state index contributed by atoms with van der Waals surface area (Å²) < 4.78 is 7.61. The minimum Gasteiger partial charge on any atom is -0.493 e. The predicted octanol–water partition coefficient (Wildman–Crippen LogP) is 6.37. The number of aromatic nitrogens is 2. The van der Waals surface area contributed by atoms with E-state index in [1.807, 2.05) is 97.2 Å². The SMILES string of the molecule is CC1=C(C#N)C(=O)N(Cc2ccccc2)C(=O)/C1=C/c1cn(-c2ccccc2)nc1-c1ccc(OCC(C)C)cc1. The van der Waals surface area contributed by atoms with Gasteiger partial charge >= 0.3 is 0 Å². The summed E-state index contributed by atoms with van der Waals surface area (Å²) in [7, 11) is 0. The van der Waals surface area contributed by atoms with E-state index in [1.54, 1.807) is 17.7 Å². The maximum atomic E-state index is 13.8. The molecule has 1 aliphatic heterocycles. The number of carbonyl (C=O) groups excluding carboxylic acids is 2. The van der Waals surface area contributed by atoms with Gasteiger partial charge in [0.1, 0.15) is 17.4 Å². The number of imide groups is 1. The zero-order valence-electron chi connectivity index (χ0n) is 23.2. The van der Waals surface area contributed by atoms with Crippen LogP contribution in [0.2, 0.25) is 0 Å². The van der Waals surface area contributed by atoms with E-state index < -0.39 is 11.8 Å². The third-order valence-electron chi connectivity index (χ3n) is 6.78. The molecule has 4 aromatic rings. The second-order valence-electron chi connectivity index (χ2n) is 10.3. The van der Waals surface area contributed by atoms with Crippen LogP contribution in [0.1, 0.15) is 31.9 Å². The molecule has 0 saturated heterocycles. The smallest absolute Gasteiger partial charge is 0.271 e. The van der Waals surface area contributed by atoms with Crippen molar-refractivity contribution in [3.8, 4) is 28.8 Å². The Bertz CT molecular complexity index is 1680. The summed E-state index contributed by atoms with van der Waals surface area (Å²) in [6, 6.07) is 28.6. The summed E-state index contributed by atoms with van der Waals surface area (Å²) in [4.78, 5) is 28.0. The molecule has 1 aromatic heterocycles. The number of benzene rings is 3. The van der Waals surface area contributed by atoms with Crippen molar-refractivity contribution in [2.24, 2.45) is 5.92 Å². The van der Waals surface area contributed by atoms with Gasteiger partial charge in [0.15, 0.2) is 0 Å². The van der Waals surface area contributed by atoms with Crippen LogP contribution in [0.25, 0.3) is 23.0 Å². The number of hydrogen-bond acceptors (Lipinski definition) is 5. The van der Waals surface area contributed by atoms with Crippen molar-refractivity contribution >= 4 is 17.9 Å². The number of nitrogens with zero attached hydrogens (tertiary/aromatic N) is 4. The van der Waals surface area contributed by atoms with E-state index in [0.29, 0.717) is 29.4 Å². The molecule has 7 heteroatoms. The molecule has 7 nitrogen and oxygen atoms in total. The largest absolute Gasteiger partial charge is 0.493 e. The van der Waals surface area contributed by atoms with E-state index in [4.69, 9.17) is 9.84 Å². The second-order valence-corrected chi connectivity index (χ2v) is 10.3. The van der Waals surface area contributed by atoms with Crippen molar-refractivity contribution in [1.82, 2.24) is 14.7 Å². The first-order valence-electron chi connectivity index (χ1n) is 13.5. The molecule has 41 heavy (non-hydrogen) atoms. The van der Waals surface area contributed by atoms with Crippen LogP contribution < -0.4 is 4.74 Å². The highest BCUT2D eigenvalue weighted by Gasteiger charge is 2.35. The number of amides is 2. The van der Waals surface area contributed by atoms with Gasteiger partial charge in [-0.3, -0.25) is 14.5 Å². The summed E-state index contributed by atoms with van der Waals surface area (Å²) in [5.41, 5.74) is 4.41. The number of rotatable bonds is 8. The van der Waals surface area contributed by atoms with Gasteiger partial charge in [-0.2, -0.15) is 10.4 Å². The normalized spacial score (nSPS) is 14.6. The Morgan fingerprint density at radius 1 is 0.927 bits per heavy atom. The highest BCUT2D eigenvalue weighted by molar-refractivity contribution is 6.19. The summed E-state index contributed by atoms with van der Waals surface area (Å²) >= 11 is 0. The van der Waals surface area contributed by atoms with Crippen molar-refractivity contribution in [2.75, 3.05) is 6.61 Å². The van der Waals surface area contributed by atoms with Crippen LogP contribution >= 0.6 is 0 Å². The van der Waals surface area contributed by atoms with Gasteiger partial charge in [0.25, 0.3) is 11.8 Å². The molecule has 0 aliphatic carbocycles. The Kier molecular flexibility index (Phi) is 7.93. The van der Waals surface area contributed by atoms with Crippen molar-refractivity contribution in [1.29, 1.82) is 5.26 Å². The topological polar surface area (TPSA) is 88.2 Å². The maximum Gasteiger partial charge on any atom is 0.271 e. The predicted molar refractivity (Wildman–Crippen MR) is 158 cm³/mol. The van der Waals surface area contributed by atoms with Crippen LogP contribution in [0.5, 0.6) is 5.75 Å². The standard InChI is InChI=1S/C34H30N4O3/c1-23(2)22-41-29-16-14-26(15-17-29)32-27(21-38(36-32)28-12-8-5-9-13-28)18-30-24(3)31(19-35)34(40)37(33(30)39)20-25-10-6-4-7-11-25/h4-18,21,23H,20,22H2,1-3H3/b30-18+. The summed E-state index contributed by atoms with van der Waals surface area (Å²) in [5.74, 6) is 0.129. The van der Waals surface area contributed by atoms with Crippen LogP contribution in [-0.2, 0) is 16.1 Å². The van der Waals surface area contributed by atoms with Gasteiger partial charge in [0.2, 0.25) is 0 Å². The zero-order valence-corrected chi connectivity index (χ0v) is 23.2. The van der Waals surface area contributed by atoms with Crippen molar-refractivity contribution < 1.29 is 14.3 Å². The molecule has 3 aromatic carbocycles. The Balaban J connectivity index is 1.60. The average Bonchev–Trinajstić information content (AvgIpc) is 3.42. The summed E-state index contributed by atoms with van der Waals surface area (Å²) in [6.45, 7) is 6.52. The number of ether oxygens (including phenoxy) is 1. The molecule has 0 bridgehead atoms. The van der Waals surface area contributed by atoms with Crippen LogP contribution in [0, 0.1) is 17.2 Å². The fraction of sp³-hybridized carbons (Fsp3) is 0.176. The van der Waals surface area contributed by atoms with Crippen LogP contribution in [0.3, 0.4) is 0 Å². The Hall–Kier alpha value is -5.22. The maximum absolute atomic E-state index is 13.8. The average molecular weight is 543 g/mol. The van der Waals surface area contributed by atoms with E-state index in [0.717, 1.165) is 27.5 Å². The molecule has 2 heterocycles. The van der Waals surface area contributed by atoms with E-state index in [1.165, 1.54) is 0 Å². The lowest BCUT2D eigenvalue weighted by Crippen LogP contribution is -2.42. The van der Waals surface area contributed by atoms with E-state index >= 15 is 0 Å². The number of para-hydroxylation sites is 1. The molecule has 204 valence electrons. The van der Waals surface area contributed by atoms with Crippen molar-refractivity contribution in [3.05, 3.63) is 119 Å². The zero-order chi connectivity index (χ0) is 28.9. The minimum atomic E-state index is -0.590. The molecule has 1 aliphatic rings. The Labute approximate surface area is 239 Å². The molecular weight excluding hydrogens is 512 g/mol. The van der Waals surface area contributed by atoms with Gasteiger partial charge in [-0.05, 0) is 66.5 Å². The Morgan fingerprint density at radius 3 is 2.22 bits per heavy atom. The lowest BCUT2D eigenvalue weighted by Gasteiger charge is -2.27. The molecule has 0 unspecified atom stereocenters. The molecule has 0 N–H and O–H groups in total. The first kappa shape index (κ1) is 27.4. The van der Waals surface area contributed by atoms with Gasteiger partial charge in [0.05, 0.1) is 24.5 Å². The molecule has 0 saturated carbocycles. The molecule has 0 atom stereocenters. The van der Waals surface area contributed by atoms with Crippen LogP contribution in [-0.4, -0.2) is 33.1 Å². The molecule has 0 fully saturated rings.